The lowest BCUT2D eigenvalue weighted by Gasteiger charge is -2.26. The lowest BCUT2D eigenvalue weighted by atomic mass is 10.2. The standard InChI is InChI=1S/C15H18ClNOS/c16-13-3-4-15-12(10-13)11-14(19-15)2-1-5-17-6-8-18-9-7-17/h3-4,10-11H,1-2,5-9H2. The van der Waals surface area contributed by atoms with Crippen LogP contribution in [-0.2, 0) is 11.2 Å². The quantitative estimate of drug-likeness (QED) is 0.850. The van der Waals surface area contributed by atoms with Crippen molar-refractivity contribution in [1.29, 1.82) is 0 Å². The Hall–Kier alpha value is -0.610. The Bertz CT molecular complexity index is 548. The molecule has 4 heteroatoms. The summed E-state index contributed by atoms with van der Waals surface area (Å²) in [6.45, 7) is 5.13. The Morgan fingerprint density at radius 3 is 2.89 bits per heavy atom. The summed E-state index contributed by atoms with van der Waals surface area (Å²) in [5.74, 6) is 0. The summed E-state index contributed by atoms with van der Waals surface area (Å²) in [5, 5.41) is 2.10. The number of rotatable bonds is 4. The largest absolute Gasteiger partial charge is 0.379 e. The van der Waals surface area contributed by atoms with Gasteiger partial charge in [-0.3, -0.25) is 4.90 Å². The van der Waals surface area contributed by atoms with Gasteiger partial charge in [-0.05, 0) is 49.0 Å². The van der Waals surface area contributed by atoms with E-state index in [1.165, 1.54) is 27.9 Å². The van der Waals surface area contributed by atoms with Gasteiger partial charge in [-0.25, -0.2) is 0 Å². The van der Waals surface area contributed by atoms with Crippen molar-refractivity contribution >= 4 is 33.0 Å². The fourth-order valence-electron chi connectivity index (χ4n) is 2.49. The van der Waals surface area contributed by atoms with Crippen LogP contribution in [0.1, 0.15) is 11.3 Å². The van der Waals surface area contributed by atoms with E-state index >= 15 is 0 Å². The van der Waals surface area contributed by atoms with Crippen molar-refractivity contribution in [3.63, 3.8) is 0 Å². The molecule has 102 valence electrons. The number of fused-ring (bicyclic) bond motifs is 1. The molecule has 19 heavy (non-hydrogen) atoms. The van der Waals surface area contributed by atoms with E-state index in [1.807, 2.05) is 17.4 Å². The second kappa shape index (κ2) is 6.23. The fraction of sp³-hybridized carbons (Fsp3) is 0.467. The summed E-state index contributed by atoms with van der Waals surface area (Å²) in [7, 11) is 0. The lowest BCUT2D eigenvalue weighted by Crippen LogP contribution is -2.36. The van der Waals surface area contributed by atoms with Gasteiger partial charge in [0.2, 0.25) is 0 Å². The predicted molar refractivity (Wildman–Crippen MR) is 82.4 cm³/mol. The molecule has 1 saturated heterocycles. The molecule has 1 aliphatic rings. The first-order valence-electron chi connectivity index (χ1n) is 6.79. The number of thiophene rings is 1. The van der Waals surface area contributed by atoms with Crippen molar-refractivity contribution in [2.75, 3.05) is 32.8 Å². The van der Waals surface area contributed by atoms with E-state index in [2.05, 4.69) is 23.1 Å². The van der Waals surface area contributed by atoms with Crippen LogP contribution in [-0.4, -0.2) is 37.7 Å². The number of hydrogen-bond acceptors (Lipinski definition) is 3. The van der Waals surface area contributed by atoms with Crippen LogP contribution in [0.5, 0.6) is 0 Å². The number of halogens is 1. The van der Waals surface area contributed by atoms with E-state index in [0.29, 0.717) is 0 Å². The Labute approximate surface area is 122 Å². The van der Waals surface area contributed by atoms with E-state index in [9.17, 15) is 0 Å². The third-order valence-corrected chi connectivity index (χ3v) is 4.94. The molecule has 1 aromatic heterocycles. The van der Waals surface area contributed by atoms with Crippen molar-refractivity contribution in [3.8, 4) is 0 Å². The molecule has 2 nitrogen and oxygen atoms in total. The average molecular weight is 296 g/mol. The molecular formula is C15H18ClNOS. The number of ether oxygens (including phenoxy) is 1. The van der Waals surface area contributed by atoms with E-state index in [-0.39, 0.29) is 0 Å². The SMILES string of the molecule is Clc1ccc2sc(CCCN3CCOCC3)cc2c1. The minimum absolute atomic E-state index is 0.824. The monoisotopic (exact) mass is 295 g/mol. The Morgan fingerprint density at radius 1 is 1.21 bits per heavy atom. The first-order chi connectivity index (χ1) is 9.31. The van der Waals surface area contributed by atoms with E-state index in [4.69, 9.17) is 16.3 Å². The molecule has 0 bridgehead atoms. The summed E-state index contributed by atoms with van der Waals surface area (Å²) in [6.07, 6.45) is 2.38. The van der Waals surface area contributed by atoms with Gasteiger partial charge in [0.15, 0.2) is 0 Å². The molecule has 3 rings (SSSR count). The number of aryl methyl sites for hydroxylation is 1. The van der Waals surface area contributed by atoms with E-state index in [0.717, 1.165) is 37.7 Å². The number of hydrogen-bond donors (Lipinski definition) is 0. The third kappa shape index (κ3) is 3.48. The highest BCUT2D eigenvalue weighted by Crippen LogP contribution is 2.28. The zero-order chi connectivity index (χ0) is 13.1. The highest BCUT2D eigenvalue weighted by atomic mass is 35.5. The second-order valence-electron chi connectivity index (χ2n) is 4.95. The molecule has 0 atom stereocenters. The van der Waals surface area contributed by atoms with Crippen molar-refractivity contribution in [3.05, 3.63) is 34.2 Å². The van der Waals surface area contributed by atoms with Gasteiger partial charge >= 0.3 is 0 Å². The average Bonchev–Trinajstić information content (AvgIpc) is 2.82. The van der Waals surface area contributed by atoms with Crippen LogP contribution < -0.4 is 0 Å². The smallest absolute Gasteiger partial charge is 0.0594 e. The van der Waals surface area contributed by atoms with Gasteiger partial charge in [0, 0.05) is 27.7 Å². The number of nitrogens with zero attached hydrogens (tertiary/aromatic N) is 1. The maximum absolute atomic E-state index is 6.02. The van der Waals surface area contributed by atoms with Crippen LogP contribution in [0.3, 0.4) is 0 Å². The first kappa shape index (κ1) is 13.4. The molecule has 2 heterocycles. The number of morpholine rings is 1. The zero-order valence-corrected chi connectivity index (χ0v) is 12.5. The van der Waals surface area contributed by atoms with Crippen LogP contribution in [0.2, 0.25) is 5.02 Å². The summed E-state index contributed by atoms with van der Waals surface area (Å²) in [6, 6.07) is 8.43. The van der Waals surface area contributed by atoms with Gasteiger partial charge in [-0.15, -0.1) is 11.3 Å². The molecule has 0 spiro atoms. The van der Waals surface area contributed by atoms with Crippen LogP contribution >= 0.6 is 22.9 Å². The molecule has 0 N–H and O–H groups in total. The molecule has 0 radical (unpaired) electrons. The van der Waals surface area contributed by atoms with Crippen LogP contribution in [0.15, 0.2) is 24.3 Å². The van der Waals surface area contributed by atoms with Gasteiger partial charge in [-0.2, -0.15) is 0 Å². The normalized spacial score (nSPS) is 17.1. The minimum Gasteiger partial charge on any atom is -0.379 e. The van der Waals surface area contributed by atoms with Gasteiger partial charge in [0.1, 0.15) is 0 Å². The molecule has 0 unspecified atom stereocenters. The summed E-state index contributed by atoms with van der Waals surface area (Å²) in [4.78, 5) is 3.96. The molecule has 0 saturated carbocycles. The van der Waals surface area contributed by atoms with Gasteiger partial charge in [0.25, 0.3) is 0 Å². The lowest BCUT2D eigenvalue weighted by molar-refractivity contribution is 0.0375. The Balaban J connectivity index is 1.56. The third-order valence-electron chi connectivity index (χ3n) is 3.53. The van der Waals surface area contributed by atoms with Crippen molar-refractivity contribution in [1.82, 2.24) is 4.90 Å². The summed E-state index contributed by atoms with van der Waals surface area (Å²) in [5.41, 5.74) is 0. The second-order valence-corrected chi connectivity index (χ2v) is 6.56. The van der Waals surface area contributed by atoms with Crippen molar-refractivity contribution in [2.24, 2.45) is 0 Å². The predicted octanol–water partition coefficient (Wildman–Crippen LogP) is 3.82. The van der Waals surface area contributed by atoms with Crippen LogP contribution in [0.25, 0.3) is 10.1 Å². The minimum atomic E-state index is 0.824. The van der Waals surface area contributed by atoms with E-state index in [1.54, 1.807) is 0 Å². The highest BCUT2D eigenvalue weighted by molar-refractivity contribution is 7.19. The van der Waals surface area contributed by atoms with Gasteiger partial charge in [0.05, 0.1) is 13.2 Å². The molecule has 2 aromatic rings. The highest BCUT2D eigenvalue weighted by Gasteiger charge is 2.10. The van der Waals surface area contributed by atoms with Gasteiger partial charge < -0.3 is 4.74 Å². The maximum atomic E-state index is 6.02. The van der Waals surface area contributed by atoms with Crippen molar-refractivity contribution < 1.29 is 4.74 Å². The Morgan fingerprint density at radius 2 is 2.05 bits per heavy atom. The van der Waals surface area contributed by atoms with Gasteiger partial charge in [-0.1, -0.05) is 11.6 Å². The van der Waals surface area contributed by atoms with Crippen molar-refractivity contribution in [2.45, 2.75) is 12.8 Å². The van der Waals surface area contributed by atoms with Crippen LogP contribution in [0.4, 0.5) is 0 Å². The summed E-state index contributed by atoms with van der Waals surface area (Å²) < 4.78 is 6.70. The molecule has 1 fully saturated rings. The summed E-state index contributed by atoms with van der Waals surface area (Å²) >= 11 is 7.91. The molecule has 1 aliphatic heterocycles. The zero-order valence-electron chi connectivity index (χ0n) is 10.9. The number of benzene rings is 1. The molecule has 0 aliphatic carbocycles. The first-order valence-corrected chi connectivity index (χ1v) is 7.99. The molecular weight excluding hydrogens is 278 g/mol. The fourth-order valence-corrected chi connectivity index (χ4v) is 3.76. The van der Waals surface area contributed by atoms with E-state index < -0.39 is 0 Å². The topological polar surface area (TPSA) is 12.5 Å². The molecule has 0 amide bonds. The Kier molecular flexibility index (Phi) is 4.38. The maximum Gasteiger partial charge on any atom is 0.0594 e. The molecule has 1 aromatic carbocycles. The van der Waals surface area contributed by atoms with Crippen LogP contribution in [0, 0.1) is 0 Å².